The zero-order chi connectivity index (χ0) is 7.98. The number of carbonyl (C=O) groups is 1. The number of hydrogen-bond acceptors (Lipinski definition) is 3. The third-order valence-electron chi connectivity index (χ3n) is 0.837. The van der Waals surface area contributed by atoms with Crippen LogP contribution < -0.4 is 5.73 Å². The Morgan fingerprint density at radius 2 is 2.30 bits per heavy atom. The highest BCUT2D eigenvalue weighted by Gasteiger charge is 1.94. The second kappa shape index (κ2) is 4.99. The zero-order valence-electron chi connectivity index (χ0n) is 6.39. The molecule has 58 valence electrons. The summed E-state index contributed by atoms with van der Waals surface area (Å²) in [5, 5.41) is 0. The van der Waals surface area contributed by atoms with Gasteiger partial charge in [-0.15, -0.1) is 0 Å². The van der Waals surface area contributed by atoms with E-state index in [4.69, 9.17) is 10.5 Å². The van der Waals surface area contributed by atoms with E-state index in [-0.39, 0.29) is 12.4 Å². The van der Waals surface area contributed by atoms with Gasteiger partial charge >= 0.3 is 0 Å². The maximum absolute atomic E-state index is 10.7. The molecule has 0 aromatic heterocycles. The van der Waals surface area contributed by atoms with Gasteiger partial charge in [-0.05, 0) is 13.8 Å². The molecule has 0 saturated heterocycles. The zero-order valence-corrected chi connectivity index (χ0v) is 6.39. The van der Waals surface area contributed by atoms with Crippen molar-refractivity contribution >= 4 is 5.78 Å². The molecule has 3 heteroatoms. The van der Waals surface area contributed by atoms with Crippen molar-refractivity contribution in [3.63, 3.8) is 0 Å². The highest BCUT2D eigenvalue weighted by Crippen LogP contribution is 1.83. The summed E-state index contributed by atoms with van der Waals surface area (Å²) in [5.74, 6) is -0.0816. The van der Waals surface area contributed by atoms with E-state index in [1.165, 1.54) is 6.08 Å². The maximum atomic E-state index is 10.7. The van der Waals surface area contributed by atoms with Crippen LogP contribution in [0.2, 0.25) is 0 Å². The number of ether oxygens (including phenoxy) is 1. The largest absolute Gasteiger partial charge is 0.402 e. The first kappa shape index (κ1) is 9.17. The van der Waals surface area contributed by atoms with Gasteiger partial charge in [-0.1, -0.05) is 0 Å². The van der Waals surface area contributed by atoms with Crippen LogP contribution in [0.3, 0.4) is 0 Å². The minimum absolute atomic E-state index is 0.0816. The van der Waals surface area contributed by atoms with Gasteiger partial charge in [-0.3, -0.25) is 4.79 Å². The molecule has 0 saturated carbocycles. The fraction of sp³-hybridized carbons (Fsp3) is 0.571. The van der Waals surface area contributed by atoms with Gasteiger partial charge in [0.25, 0.3) is 0 Å². The molecular formula is C7H13NO2. The van der Waals surface area contributed by atoms with Gasteiger partial charge in [0.2, 0.25) is 0 Å². The van der Waals surface area contributed by atoms with Gasteiger partial charge in [-0.25, -0.2) is 0 Å². The van der Waals surface area contributed by atoms with E-state index in [1.54, 1.807) is 6.92 Å². The number of carbonyl (C=O) groups excluding carboxylic acids is 1. The Kier molecular flexibility index (Phi) is 4.58. The average Bonchev–Trinajstić information content (AvgIpc) is 1.82. The molecule has 0 aliphatic rings. The minimum Gasteiger partial charge on any atom is -0.402 e. The Labute approximate surface area is 60.9 Å². The van der Waals surface area contributed by atoms with Gasteiger partial charge < -0.3 is 10.5 Å². The predicted molar refractivity (Wildman–Crippen MR) is 39.4 cm³/mol. The molecule has 0 aliphatic carbocycles. The van der Waals surface area contributed by atoms with E-state index in [1.807, 2.05) is 6.92 Å². The van der Waals surface area contributed by atoms with Gasteiger partial charge in [-0.2, -0.15) is 0 Å². The summed E-state index contributed by atoms with van der Waals surface area (Å²) in [7, 11) is 0. The quantitative estimate of drug-likeness (QED) is 0.581. The lowest BCUT2D eigenvalue weighted by Crippen LogP contribution is -2.07. The molecule has 0 spiro atoms. The summed E-state index contributed by atoms with van der Waals surface area (Å²) in [6.45, 7) is 4.20. The molecule has 0 radical (unpaired) electrons. The number of rotatable bonds is 4. The first-order valence-corrected chi connectivity index (χ1v) is 3.21. The number of ketones is 1. The van der Waals surface area contributed by atoms with Crippen LogP contribution in [0.5, 0.6) is 0 Å². The third-order valence-corrected chi connectivity index (χ3v) is 0.837. The van der Waals surface area contributed by atoms with Crippen LogP contribution in [0.25, 0.3) is 0 Å². The second-order valence-corrected chi connectivity index (χ2v) is 1.99. The van der Waals surface area contributed by atoms with Crippen molar-refractivity contribution in [2.75, 3.05) is 13.2 Å². The summed E-state index contributed by atoms with van der Waals surface area (Å²) < 4.78 is 4.85. The summed E-state index contributed by atoms with van der Waals surface area (Å²) in [5.41, 5.74) is 5.77. The van der Waals surface area contributed by atoms with Crippen LogP contribution in [-0.4, -0.2) is 19.0 Å². The molecule has 0 aromatic carbocycles. The van der Waals surface area contributed by atoms with Crippen molar-refractivity contribution in [2.24, 2.45) is 5.73 Å². The second-order valence-electron chi connectivity index (χ2n) is 1.99. The molecule has 3 nitrogen and oxygen atoms in total. The van der Waals surface area contributed by atoms with Gasteiger partial charge in [0.05, 0.1) is 0 Å². The van der Waals surface area contributed by atoms with Crippen molar-refractivity contribution in [1.29, 1.82) is 0 Å². The van der Waals surface area contributed by atoms with Gasteiger partial charge in [0.1, 0.15) is 6.61 Å². The third kappa shape index (κ3) is 5.31. The molecular weight excluding hydrogens is 130 g/mol. The van der Waals surface area contributed by atoms with Crippen molar-refractivity contribution in [2.45, 2.75) is 13.8 Å². The van der Waals surface area contributed by atoms with E-state index >= 15 is 0 Å². The Bertz CT molecular complexity index is 137. The van der Waals surface area contributed by atoms with Crippen LogP contribution in [0.4, 0.5) is 0 Å². The first-order valence-electron chi connectivity index (χ1n) is 3.21. The number of hydrogen-bond donors (Lipinski definition) is 1. The lowest BCUT2D eigenvalue weighted by Gasteiger charge is -1.95. The smallest absolute Gasteiger partial charge is 0.182 e. The van der Waals surface area contributed by atoms with E-state index in [9.17, 15) is 4.79 Å². The maximum Gasteiger partial charge on any atom is 0.182 e. The minimum atomic E-state index is -0.0816. The van der Waals surface area contributed by atoms with Crippen LogP contribution >= 0.6 is 0 Å². The Morgan fingerprint density at radius 3 is 2.70 bits per heavy atom. The summed E-state index contributed by atoms with van der Waals surface area (Å²) in [6, 6.07) is 0. The monoisotopic (exact) mass is 143 g/mol. The van der Waals surface area contributed by atoms with Crippen molar-refractivity contribution in [3.8, 4) is 0 Å². The van der Waals surface area contributed by atoms with E-state index < -0.39 is 0 Å². The molecule has 0 amide bonds. The molecule has 0 atom stereocenters. The molecule has 0 aliphatic heterocycles. The highest BCUT2D eigenvalue weighted by molar-refractivity contribution is 5.91. The number of nitrogens with two attached hydrogens (primary N) is 1. The lowest BCUT2D eigenvalue weighted by atomic mass is 10.3. The predicted octanol–water partition coefficient (Wildman–Crippen LogP) is 0.455. The summed E-state index contributed by atoms with van der Waals surface area (Å²) >= 11 is 0. The number of allylic oxidation sites excluding steroid dienone is 1. The Hall–Kier alpha value is -0.830. The highest BCUT2D eigenvalue weighted by atomic mass is 16.5. The summed E-state index contributed by atoms with van der Waals surface area (Å²) in [4.78, 5) is 10.7. The fourth-order valence-corrected chi connectivity index (χ4v) is 0.498. The average molecular weight is 143 g/mol. The molecule has 0 unspecified atom stereocenters. The van der Waals surface area contributed by atoms with Gasteiger partial charge in [0, 0.05) is 18.4 Å². The van der Waals surface area contributed by atoms with E-state index in [2.05, 4.69) is 0 Å². The molecule has 0 rings (SSSR count). The Balaban J connectivity index is 3.54. The van der Waals surface area contributed by atoms with Crippen molar-refractivity contribution in [1.82, 2.24) is 0 Å². The van der Waals surface area contributed by atoms with Crippen LogP contribution in [0.15, 0.2) is 11.8 Å². The standard InChI is InChI=1S/C7H13NO2/c1-3-10-5-7(9)4-6(2)8/h4H,3,5,8H2,1-2H3. The van der Waals surface area contributed by atoms with E-state index in [0.29, 0.717) is 12.3 Å². The van der Waals surface area contributed by atoms with Crippen molar-refractivity contribution < 1.29 is 9.53 Å². The SMILES string of the molecule is CCOCC(=O)C=C(C)N. The molecule has 0 fully saturated rings. The first-order chi connectivity index (χ1) is 4.66. The molecule has 0 heterocycles. The van der Waals surface area contributed by atoms with Crippen molar-refractivity contribution in [3.05, 3.63) is 11.8 Å². The lowest BCUT2D eigenvalue weighted by molar-refractivity contribution is -0.118. The van der Waals surface area contributed by atoms with Crippen LogP contribution in [0, 0.1) is 0 Å². The van der Waals surface area contributed by atoms with Crippen LogP contribution in [-0.2, 0) is 9.53 Å². The molecule has 10 heavy (non-hydrogen) atoms. The summed E-state index contributed by atoms with van der Waals surface area (Å²) in [6.07, 6.45) is 1.37. The molecule has 0 aromatic rings. The van der Waals surface area contributed by atoms with Crippen LogP contribution in [0.1, 0.15) is 13.8 Å². The fourth-order valence-electron chi connectivity index (χ4n) is 0.498. The topological polar surface area (TPSA) is 52.3 Å². The van der Waals surface area contributed by atoms with Gasteiger partial charge in [0.15, 0.2) is 5.78 Å². The normalized spacial score (nSPS) is 11.6. The van der Waals surface area contributed by atoms with E-state index in [0.717, 1.165) is 0 Å². The molecule has 2 N–H and O–H groups in total. The Morgan fingerprint density at radius 1 is 1.70 bits per heavy atom. The molecule has 0 bridgehead atoms.